The fourth-order valence-electron chi connectivity index (χ4n) is 1.87. The Morgan fingerprint density at radius 3 is 2.30 bits per heavy atom. The molecular weight excluding hydrogens is 264 g/mol. The van der Waals surface area contributed by atoms with Crippen LogP contribution < -0.4 is 15.9 Å². The van der Waals surface area contributed by atoms with Crippen LogP contribution in [0.3, 0.4) is 0 Å². The first-order valence-electron chi connectivity index (χ1n) is 6.25. The van der Waals surface area contributed by atoms with Gasteiger partial charge >= 0.3 is 13.2 Å². The fraction of sp³-hybridized carbons (Fsp3) is 0.462. The van der Waals surface area contributed by atoms with Crippen molar-refractivity contribution in [3.05, 3.63) is 24.0 Å². The molecule has 0 spiro atoms. The van der Waals surface area contributed by atoms with Crippen molar-refractivity contribution in [1.82, 2.24) is 0 Å². The summed E-state index contributed by atoms with van der Waals surface area (Å²) in [6.45, 7) is 7.48. The minimum absolute atomic E-state index is 0.169. The Kier molecular flexibility index (Phi) is 3.52. The Bertz CT molecular complexity index is 531. The monoisotopic (exact) mass is 281 g/mol. The summed E-state index contributed by atoms with van der Waals surface area (Å²) in [5, 5.41) is 0. The molecule has 108 valence electrons. The lowest BCUT2D eigenvalue weighted by Crippen LogP contribution is -2.41. The first kappa shape index (κ1) is 14.8. The van der Waals surface area contributed by atoms with Crippen molar-refractivity contribution < 1.29 is 23.2 Å². The van der Waals surface area contributed by atoms with Crippen LogP contribution in [0.15, 0.2) is 18.2 Å². The van der Waals surface area contributed by atoms with E-state index in [1.807, 2.05) is 27.7 Å². The molecule has 1 amide bonds. The molecule has 0 radical (unpaired) electrons. The van der Waals surface area contributed by atoms with E-state index >= 15 is 0 Å². The van der Waals surface area contributed by atoms with Crippen molar-refractivity contribution in [3.8, 4) is 5.75 Å². The smallest absolute Gasteiger partial charge is 0.407 e. The molecule has 0 bridgehead atoms. The van der Waals surface area contributed by atoms with E-state index < -0.39 is 30.2 Å². The Morgan fingerprint density at radius 1 is 1.25 bits per heavy atom. The Hall–Kier alpha value is -1.60. The van der Waals surface area contributed by atoms with Gasteiger partial charge < -0.3 is 19.8 Å². The van der Waals surface area contributed by atoms with Crippen molar-refractivity contribution in [2.45, 2.75) is 38.9 Å². The van der Waals surface area contributed by atoms with Crippen LogP contribution in [0, 0.1) is 5.82 Å². The Morgan fingerprint density at radius 2 is 1.80 bits per heavy atom. The normalized spacial score (nSPS) is 19.9. The van der Waals surface area contributed by atoms with Crippen molar-refractivity contribution in [1.29, 1.82) is 0 Å². The van der Waals surface area contributed by atoms with Crippen LogP contribution in [0.25, 0.3) is 0 Å². The van der Waals surface area contributed by atoms with Gasteiger partial charge in [-0.3, -0.25) is 0 Å². The Balaban J connectivity index is 2.34. The number of carbonyl (C=O) groups excluding carboxylic acids is 1. The first-order chi connectivity index (χ1) is 9.14. The number of hydrogen-bond acceptors (Lipinski definition) is 4. The van der Waals surface area contributed by atoms with Crippen molar-refractivity contribution in [2.75, 3.05) is 0 Å². The number of amides is 1. The van der Waals surface area contributed by atoms with E-state index in [4.69, 9.17) is 15.0 Å². The zero-order valence-electron chi connectivity index (χ0n) is 11.9. The predicted molar refractivity (Wildman–Crippen MR) is 72.3 cm³/mol. The van der Waals surface area contributed by atoms with Crippen LogP contribution in [0.4, 0.5) is 9.18 Å². The number of halogens is 1. The molecular formula is C13H17BFNO4. The van der Waals surface area contributed by atoms with E-state index in [-0.39, 0.29) is 11.2 Å². The highest BCUT2D eigenvalue weighted by Crippen LogP contribution is 2.36. The van der Waals surface area contributed by atoms with Gasteiger partial charge in [0.15, 0.2) is 11.6 Å². The van der Waals surface area contributed by atoms with Crippen molar-refractivity contribution in [2.24, 2.45) is 5.73 Å². The molecule has 0 saturated carbocycles. The van der Waals surface area contributed by atoms with Gasteiger partial charge in [-0.1, -0.05) is 12.1 Å². The summed E-state index contributed by atoms with van der Waals surface area (Å²) in [5.74, 6) is -0.963. The minimum Gasteiger partial charge on any atom is -0.407 e. The van der Waals surface area contributed by atoms with E-state index in [1.165, 1.54) is 12.1 Å². The maximum atomic E-state index is 14.3. The lowest BCUT2D eigenvalue weighted by Gasteiger charge is -2.32. The highest BCUT2D eigenvalue weighted by atomic mass is 19.1. The zero-order valence-corrected chi connectivity index (χ0v) is 11.9. The number of benzene rings is 1. The number of primary amides is 1. The standard InChI is InChI=1S/C13H17BFNO4/c1-12(2)13(3,4)20-14(19-12)8-6-5-7-9(10(8)15)18-11(16)17/h5-7H,1-4H3,(H2,16,17). The molecule has 0 aromatic heterocycles. The topological polar surface area (TPSA) is 70.8 Å². The maximum Gasteiger partial charge on any atom is 0.497 e. The molecule has 0 aliphatic carbocycles. The summed E-state index contributed by atoms with van der Waals surface area (Å²) in [7, 11) is -0.864. The average Bonchev–Trinajstić information content (AvgIpc) is 2.50. The highest BCUT2D eigenvalue weighted by molar-refractivity contribution is 6.62. The Labute approximate surface area is 117 Å². The lowest BCUT2D eigenvalue weighted by molar-refractivity contribution is 0.00578. The number of nitrogens with two attached hydrogens (primary N) is 1. The zero-order chi connectivity index (χ0) is 15.1. The first-order valence-corrected chi connectivity index (χ1v) is 6.25. The van der Waals surface area contributed by atoms with Gasteiger partial charge in [-0.05, 0) is 33.8 Å². The molecule has 1 saturated heterocycles. The summed E-state index contributed by atoms with van der Waals surface area (Å²) in [6, 6.07) is 4.38. The van der Waals surface area contributed by atoms with E-state index in [1.54, 1.807) is 6.07 Å². The number of ether oxygens (including phenoxy) is 1. The fourth-order valence-corrected chi connectivity index (χ4v) is 1.87. The van der Waals surface area contributed by atoms with Crippen LogP contribution >= 0.6 is 0 Å². The van der Waals surface area contributed by atoms with Crippen LogP contribution in [0.2, 0.25) is 0 Å². The summed E-state index contributed by atoms with van der Waals surface area (Å²) >= 11 is 0. The molecule has 1 fully saturated rings. The van der Waals surface area contributed by atoms with E-state index in [2.05, 4.69) is 4.74 Å². The van der Waals surface area contributed by atoms with Crippen molar-refractivity contribution in [3.63, 3.8) is 0 Å². The molecule has 1 heterocycles. The third-order valence-corrected chi connectivity index (χ3v) is 3.71. The average molecular weight is 281 g/mol. The molecule has 0 atom stereocenters. The van der Waals surface area contributed by atoms with Crippen LogP contribution in [-0.4, -0.2) is 24.4 Å². The SMILES string of the molecule is CC1(C)OB(c2cccc(OC(N)=O)c2F)OC1(C)C. The van der Waals surface area contributed by atoms with Crippen molar-refractivity contribution >= 4 is 18.7 Å². The van der Waals surface area contributed by atoms with E-state index in [0.717, 1.165) is 0 Å². The molecule has 1 aliphatic heterocycles. The number of rotatable bonds is 2. The van der Waals surface area contributed by atoms with Gasteiger partial charge in [0, 0.05) is 5.46 Å². The molecule has 7 heteroatoms. The quantitative estimate of drug-likeness (QED) is 0.835. The third-order valence-electron chi connectivity index (χ3n) is 3.71. The maximum absolute atomic E-state index is 14.3. The second-order valence-corrected chi connectivity index (χ2v) is 5.67. The highest BCUT2D eigenvalue weighted by Gasteiger charge is 2.52. The summed E-state index contributed by atoms with van der Waals surface area (Å²) in [5.41, 5.74) is 3.90. The van der Waals surface area contributed by atoms with Gasteiger partial charge in [0.25, 0.3) is 0 Å². The van der Waals surface area contributed by atoms with Gasteiger partial charge in [-0.2, -0.15) is 0 Å². The largest absolute Gasteiger partial charge is 0.497 e. The molecule has 20 heavy (non-hydrogen) atoms. The summed E-state index contributed by atoms with van der Waals surface area (Å²) in [4.78, 5) is 10.7. The van der Waals surface area contributed by atoms with Gasteiger partial charge in [0.05, 0.1) is 11.2 Å². The van der Waals surface area contributed by atoms with Crippen LogP contribution in [-0.2, 0) is 9.31 Å². The van der Waals surface area contributed by atoms with E-state index in [9.17, 15) is 9.18 Å². The molecule has 1 aliphatic rings. The van der Waals surface area contributed by atoms with Gasteiger partial charge in [0.2, 0.25) is 0 Å². The molecule has 1 aromatic carbocycles. The summed E-state index contributed by atoms with van der Waals surface area (Å²) < 4.78 is 30.4. The number of carbonyl (C=O) groups is 1. The molecule has 2 N–H and O–H groups in total. The molecule has 1 aromatic rings. The van der Waals surface area contributed by atoms with E-state index in [0.29, 0.717) is 0 Å². The summed E-state index contributed by atoms with van der Waals surface area (Å²) in [6.07, 6.45) is -1.07. The van der Waals surface area contributed by atoms with Crippen LogP contribution in [0.1, 0.15) is 27.7 Å². The third kappa shape index (κ3) is 2.51. The molecule has 2 rings (SSSR count). The second kappa shape index (κ2) is 4.75. The predicted octanol–water partition coefficient (Wildman–Crippen LogP) is 1.58. The second-order valence-electron chi connectivity index (χ2n) is 5.67. The van der Waals surface area contributed by atoms with Gasteiger partial charge in [-0.15, -0.1) is 0 Å². The van der Waals surface area contributed by atoms with Gasteiger partial charge in [-0.25, -0.2) is 9.18 Å². The molecule has 0 unspecified atom stereocenters. The number of hydrogen-bond donors (Lipinski definition) is 1. The van der Waals surface area contributed by atoms with Crippen LogP contribution in [0.5, 0.6) is 5.75 Å². The minimum atomic E-state index is -1.07. The lowest BCUT2D eigenvalue weighted by atomic mass is 9.78. The van der Waals surface area contributed by atoms with Gasteiger partial charge in [0.1, 0.15) is 0 Å². The molecule has 5 nitrogen and oxygen atoms in total.